The first-order chi connectivity index (χ1) is 19.5. The number of hydrogen-bond acceptors (Lipinski definition) is 6. The third-order valence-corrected chi connectivity index (χ3v) is 8.45. The highest BCUT2D eigenvalue weighted by atomic mass is 16.6. The van der Waals surface area contributed by atoms with Crippen molar-refractivity contribution in [2.75, 3.05) is 13.1 Å². The predicted molar refractivity (Wildman–Crippen MR) is 160 cm³/mol. The van der Waals surface area contributed by atoms with Gasteiger partial charge in [0.05, 0.1) is 11.6 Å². The van der Waals surface area contributed by atoms with Gasteiger partial charge in [-0.05, 0) is 80.6 Å². The van der Waals surface area contributed by atoms with Crippen LogP contribution >= 0.6 is 0 Å². The molecule has 3 aromatic carbocycles. The SMILES string of the molecule is CC(=O)C1(c2ccc(OCc3ccc4ccccc4c3)cc2)C(C2(O)CCCCC2)NCCN1C(=O)OC(C)(C)C. The van der Waals surface area contributed by atoms with E-state index < -0.39 is 28.9 Å². The van der Waals surface area contributed by atoms with E-state index in [1.54, 1.807) is 4.90 Å². The minimum Gasteiger partial charge on any atom is -0.489 e. The van der Waals surface area contributed by atoms with Gasteiger partial charge in [-0.2, -0.15) is 0 Å². The fourth-order valence-electron chi connectivity index (χ4n) is 6.60. The molecule has 0 aromatic heterocycles. The lowest BCUT2D eigenvalue weighted by molar-refractivity contribution is -0.148. The molecular weight excluding hydrogens is 516 g/mol. The Labute approximate surface area is 242 Å². The van der Waals surface area contributed by atoms with Gasteiger partial charge < -0.3 is 19.9 Å². The molecule has 0 radical (unpaired) electrons. The van der Waals surface area contributed by atoms with E-state index in [1.807, 2.05) is 57.2 Å². The van der Waals surface area contributed by atoms with Crippen LogP contribution < -0.4 is 10.1 Å². The minimum absolute atomic E-state index is 0.218. The molecule has 7 heteroatoms. The summed E-state index contributed by atoms with van der Waals surface area (Å²) in [5.74, 6) is 0.436. The molecule has 41 heavy (non-hydrogen) atoms. The number of carbonyl (C=O) groups excluding carboxylic acids is 2. The first-order valence-corrected chi connectivity index (χ1v) is 14.7. The molecule has 2 fully saturated rings. The number of benzene rings is 3. The van der Waals surface area contributed by atoms with Crippen molar-refractivity contribution >= 4 is 22.6 Å². The quantitative estimate of drug-likeness (QED) is 0.380. The molecule has 5 rings (SSSR count). The van der Waals surface area contributed by atoms with Gasteiger partial charge in [-0.15, -0.1) is 0 Å². The Bertz CT molecular complexity index is 1390. The van der Waals surface area contributed by atoms with Crippen molar-refractivity contribution in [2.24, 2.45) is 0 Å². The molecule has 1 aliphatic carbocycles. The maximum atomic E-state index is 13.9. The van der Waals surface area contributed by atoms with Crippen LogP contribution in [0, 0.1) is 0 Å². The van der Waals surface area contributed by atoms with E-state index >= 15 is 0 Å². The maximum absolute atomic E-state index is 13.9. The summed E-state index contributed by atoms with van der Waals surface area (Å²) in [5.41, 5.74) is -1.63. The van der Waals surface area contributed by atoms with Crippen LogP contribution in [0.4, 0.5) is 4.79 Å². The topological polar surface area (TPSA) is 88.1 Å². The summed E-state index contributed by atoms with van der Waals surface area (Å²) in [7, 11) is 0. The van der Waals surface area contributed by atoms with Crippen LogP contribution in [-0.2, 0) is 21.7 Å². The summed E-state index contributed by atoms with van der Waals surface area (Å²) in [6.07, 6.45) is 3.35. The van der Waals surface area contributed by atoms with Crippen LogP contribution in [0.15, 0.2) is 66.7 Å². The zero-order chi connectivity index (χ0) is 29.3. The summed E-state index contributed by atoms with van der Waals surface area (Å²) in [6, 6.07) is 21.2. The Hall–Kier alpha value is -3.42. The van der Waals surface area contributed by atoms with Gasteiger partial charge >= 0.3 is 6.09 Å². The third kappa shape index (κ3) is 5.84. The van der Waals surface area contributed by atoms with Crippen molar-refractivity contribution in [3.05, 3.63) is 77.9 Å². The van der Waals surface area contributed by atoms with E-state index in [2.05, 4.69) is 35.6 Å². The number of ketones is 1. The molecular formula is C34H42N2O5. The Kier molecular flexibility index (Phi) is 8.13. The molecule has 0 spiro atoms. The van der Waals surface area contributed by atoms with E-state index in [0.29, 0.717) is 37.3 Å². The lowest BCUT2D eigenvalue weighted by Crippen LogP contribution is -2.75. The van der Waals surface area contributed by atoms with Crippen LogP contribution in [-0.4, -0.2) is 52.2 Å². The highest BCUT2D eigenvalue weighted by Crippen LogP contribution is 2.45. The van der Waals surface area contributed by atoms with E-state index in [4.69, 9.17) is 9.47 Å². The number of aliphatic hydroxyl groups is 1. The second-order valence-electron chi connectivity index (χ2n) is 12.5. The number of ether oxygens (including phenoxy) is 2. The zero-order valence-corrected chi connectivity index (χ0v) is 24.6. The van der Waals surface area contributed by atoms with Crippen LogP contribution in [0.3, 0.4) is 0 Å². The van der Waals surface area contributed by atoms with E-state index in [1.165, 1.54) is 12.3 Å². The number of piperazine rings is 1. The van der Waals surface area contributed by atoms with Gasteiger partial charge in [0.1, 0.15) is 23.5 Å². The molecule has 7 nitrogen and oxygen atoms in total. The van der Waals surface area contributed by atoms with Gasteiger partial charge in [0, 0.05) is 13.1 Å². The zero-order valence-electron chi connectivity index (χ0n) is 24.6. The molecule has 218 valence electrons. The fraction of sp³-hybridized carbons (Fsp3) is 0.471. The van der Waals surface area contributed by atoms with Crippen molar-refractivity contribution in [1.29, 1.82) is 0 Å². The summed E-state index contributed by atoms with van der Waals surface area (Å²) >= 11 is 0. The first kappa shape index (κ1) is 29.1. The highest BCUT2D eigenvalue weighted by Gasteiger charge is 2.60. The summed E-state index contributed by atoms with van der Waals surface area (Å²) in [6.45, 7) is 8.09. The number of nitrogens with zero attached hydrogens (tertiary/aromatic N) is 1. The molecule has 1 heterocycles. The van der Waals surface area contributed by atoms with Crippen molar-refractivity contribution in [1.82, 2.24) is 10.2 Å². The molecule has 1 saturated heterocycles. The van der Waals surface area contributed by atoms with Gasteiger partial charge in [-0.25, -0.2) is 4.79 Å². The molecule has 1 saturated carbocycles. The molecule has 2 N–H and O–H groups in total. The first-order valence-electron chi connectivity index (χ1n) is 14.7. The second-order valence-corrected chi connectivity index (χ2v) is 12.5. The van der Waals surface area contributed by atoms with Crippen molar-refractivity contribution in [2.45, 2.75) is 89.2 Å². The van der Waals surface area contributed by atoms with Gasteiger partial charge in [0.15, 0.2) is 5.78 Å². The van der Waals surface area contributed by atoms with Gasteiger partial charge in [0.25, 0.3) is 0 Å². The summed E-state index contributed by atoms with van der Waals surface area (Å²) < 4.78 is 11.9. The number of fused-ring (bicyclic) bond motifs is 1. The highest BCUT2D eigenvalue weighted by molar-refractivity contribution is 5.92. The average molecular weight is 559 g/mol. The van der Waals surface area contributed by atoms with Crippen LogP contribution in [0.25, 0.3) is 10.8 Å². The number of hydrogen-bond donors (Lipinski definition) is 2. The van der Waals surface area contributed by atoms with Crippen molar-refractivity contribution in [3.8, 4) is 5.75 Å². The van der Waals surface area contributed by atoms with Crippen LogP contribution in [0.2, 0.25) is 0 Å². The second kappa shape index (κ2) is 11.5. The Balaban J connectivity index is 1.49. The average Bonchev–Trinajstić information content (AvgIpc) is 2.95. The molecule has 0 bridgehead atoms. The standard InChI is InChI=1S/C34H42N2O5/c1-24(37)34(28-14-16-29(17-15-28)40-23-25-12-13-26-10-6-7-11-27(26)22-25)30(33(39)18-8-5-9-19-33)35-20-21-36(34)31(38)41-32(2,3)4/h6-7,10-17,22,30,35,39H,5,8-9,18-21,23H2,1-4H3. The van der Waals surface area contributed by atoms with E-state index in [-0.39, 0.29) is 12.3 Å². The van der Waals surface area contributed by atoms with Crippen LogP contribution in [0.5, 0.6) is 5.75 Å². The molecule has 2 unspecified atom stereocenters. The number of nitrogens with one attached hydrogen (secondary N) is 1. The number of amides is 1. The van der Waals surface area contributed by atoms with Crippen LogP contribution in [0.1, 0.15) is 70.9 Å². The minimum atomic E-state index is -1.44. The number of rotatable bonds is 6. The van der Waals surface area contributed by atoms with Gasteiger partial charge in [0.2, 0.25) is 0 Å². The third-order valence-electron chi connectivity index (χ3n) is 8.45. The Morgan fingerprint density at radius 1 is 0.976 bits per heavy atom. The lowest BCUT2D eigenvalue weighted by Gasteiger charge is -2.56. The summed E-state index contributed by atoms with van der Waals surface area (Å²) in [5, 5.41) is 17.8. The van der Waals surface area contributed by atoms with Gasteiger partial charge in [-0.3, -0.25) is 9.69 Å². The molecule has 2 aliphatic rings. The number of carbonyl (C=O) groups is 2. The Morgan fingerprint density at radius 2 is 1.66 bits per heavy atom. The molecule has 1 aliphatic heterocycles. The molecule has 2 atom stereocenters. The lowest BCUT2D eigenvalue weighted by atomic mass is 9.65. The predicted octanol–water partition coefficient (Wildman–Crippen LogP) is 6.11. The molecule has 1 amide bonds. The molecule has 3 aromatic rings. The van der Waals surface area contributed by atoms with Crippen molar-refractivity contribution < 1.29 is 24.2 Å². The Morgan fingerprint density at radius 3 is 2.32 bits per heavy atom. The largest absolute Gasteiger partial charge is 0.489 e. The summed E-state index contributed by atoms with van der Waals surface area (Å²) in [4.78, 5) is 29.1. The normalized spacial score (nSPS) is 22.8. The fourth-order valence-corrected chi connectivity index (χ4v) is 6.60. The monoisotopic (exact) mass is 558 g/mol. The smallest absolute Gasteiger partial charge is 0.411 e. The van der Waals surface area contributed by atoms with Crippen molar-refractivity contribution in [3.63, 3.8) is 0 Å². The van der Waals surface area contributed by atoms with E-state index in [0.717, 1.165) is 30.2 Å². The number of Topliss-reactive ketones (excluding diaryl/α,β-unsaturated/α-hetero) is 1. The van der Waals surface area contributed by atoms with E-state index in [9.17, 15) is 14.7 Å². The van der Waals surface area contributed by atoms with Gasteiger partial charge in [-0.1, -0.05) is 67.8 Å². The maximum Gasteiger partial charge on any atom is 0.411 e.